The minimum absolute atomic E-state index is 0.261. The van der Waals surface area contributed by atoms with Crippen LogP contribution in [0.15, 0.2) is 24.3 Å². The molecule has 1 aliphatic carbocycles. The summed E-state index contributed by atoms with van der Waals surface area (Å²) in [5, 5.41) is 8.89. The third kappa shape index (κ3) is 3.16. The maximum Gasteiger partial charge on any atom is 0.335 e. The zero-order chi connectivity index (χ0) is 15.5. The topological polar surface area (TPSA) is 57.6 Å². The Kier molecular flexibility index (Phi) is 4.46. The van der Waals surface area contributed by atoms with E-state index in [9.17, 15) is 9.59 Å². The molecule has 2 aliphatic rings. The van der Waals surface area contributed by atoms with Crippen LogP contribution in [-0.4, -0.2) is 34.5 Å². The van der Waals surface area contributed by atoms with Crippen LogP contribution >= 0.6 is 0 Å². The molecular weight excluding hydrogens is 278 g/mol. The van der Waals surface area contributed by atoms with Gasteiger partial charge in [0.25, 0.3) is 0 Å². The van der Waals surface area contributed by atoms with Gasteiger partial charge in [-0.15, -0.1) is 0 Å². The number of carboxylic acids is 1. The van der Waals surface area contributed by atoms with E-state index < -0.39 is 5.97 Å². The van der Waals surface area contributed by atoms with E-state index in [2.05, 4.69) is 4.90 Å². The van der Waals surface area contributed by atoms with Crippen LogP contribution in [0.2, 0.25) is 0 Å². The Morgan fingerprint density at radius 3 is 2.41 bits per heavy atom. The monoisotopic (exact) mass is 301 g/mol. The Hall–Kier alpha value is -1.84. The number of nitrogens with zero attached hydrogens (tertiary/aromatic N) is 1. The van der Waals surface area contributed by atoms with E-state index in [0.717, 1.165) is 24.4 Å². The average molecular weight is 301 g/mol. The molecule has 0 radical (unpaired) electrons. The van der Waals surface area contributed by atoms with Crippen LogP contribution in [0, 0.1) is 5.92 Å². The number of hydrogen-bond acceptors (Lipinski definition) is 2. The van der Waals surface area contributed by atoms with Gasteiger partial charge in [0.1, 0.15) is 0 Å². The highest BCUT2D eigenvalue weighted by Crippen LogP contribution is 2.37. The highest BCUT2D eigenvalue weighted by molar-refractivity contribution is 5.87. The highest BCUT2D eigenvalue weighted by atomic mass is 16.4. The highest BCUT2D eigenvalue weighted by Gasteiger charge is 2.36. The molecule has 0 unspecified atom stereocenters. The standard InChI is InChI=1S/C18H23NO3/c20-17(19-12-2-5-16(19)14-3-1-4-14)11-8-13-6-9-15(10-7-13)18(21)22/h6-7,9-10,14,16H,1-5,8,11-12H2,(H,21,22)/t16-/m0/s1. The molecule has 2 fully saturated rings. The van der Waals surface area contributed by atoms with Crippen molar-refractivity contribution >= 4 is 11.9 Å². The van der Waals surface area contributed by atoms with E-state index in [1.165, 1.54) is 25.7 Å². The van der Waals surface area contributed by atoms with E-state index in [1.807, 2.05) is 12.1 Å². The average Bonchev–Trinajstić information content (AvgIpc) is 2.92. The summed E-state index contributed by atoms with van der Waals surface area (Å²) in [7, 11) is 0. The van der Waals surface area contributed by atoms with Gasteiger partial charge in [-0.2, -0.15) is 0 Å². The van der Waals surface area contributed by atoms with Gasteiger partial charge in [-0.3, -0.25) is 4.79 Å². The molecular formula is C18H23NO3. The van der Waals surface area contributed by atoms with Crippen molar-refractivity contribution in [1.82, 2.24) is 4.90 Å². The maximum absolute atomic E-state index is 12.5. The molecule has 1 aliphatic heterocycles. The lowest BCUT2D eigenvalue weighted by atomic mass is 9.79. The minimum Gasteiger partial charge on any atom is -0.478 e. The lowest BCUT2D eigenvalue weighted by Gasteiger charge is -2.37. The number of amides is 1. The molecule has 0 spiro atoms. The summed E-state index contributed by atoms with van der Waals surface area (Å²) in [6, 6.07) is 7.31. The number of carbonyl (C=O) groups is 2. The van der Waals surface area contributed by atoms with E-state index in [1.54, 1.807) is 12.1 Å². The molecule has 1 aromatic rings. The van der Waals surface area contributed by atoms with Crippen molar-refractivity contribution in [2.24, 2.45) is 5.92 Å². The molecule has 1 saturated heterocycles. The molecule has 0 bridgehead atoms. The van der Waals surface area contributed by atoms with Crippen molar-refractivity contribution in [2.75, 3.05) is 6.54 Å². The minimum atomic E-state index is -0.914. The van der Waals surface area contributed by atoms with Crippen LogP contribution in [0.25, 0.3) is 0 Å². The van der Waals surface area contributed by atoms with E-state index >= 15 is 0 Å². The molecule has 1 aromatic carbocycles. The summed E-state index contributed by atoms with van der Waals surface area (Å²) < 4.78 is 0. The fourth-order valence-electron chi connectivity index (χ4n) is 3.63. The first-order valence-electron chi connectivity index (χ1n) is 8.27. The molecule has 1 amide bonds. The largest absolute Gasteiger partial charge is 0.478 e. The fraction of sp³-hybridized carbons (Fsp3) is 0.556. The van der Waals surface area contributed by atoms with Gasteiger partial charge in [0.2, 0.25) is 5.91 Å². The van der Waals surface area contributed by atoms with E-state index in [0.29, 0.717) is 24.4 Å². The van der Waals surface area contributed by atoms with Crippen molar-refractivity contribution in [1.29, 1.82) is 0 Å². The summed E-state index contributed by atoms with van der Waals surface area (Å²) in [5.41, 5.74) is 1.32. The number of carbonyl (C=O) groups excluding carboxylic acids is 1. The third-order valence-electron chi connectivity index (χ3n) is 5.14. The van der Waals surface area contributed by atoms with Crippen LogP contribution in [0.5, 0.6) is 0 Å². The Morgan fingerprint density at radius 1 is 1.09 bits per heavy atom. The first-order valence-corrected chi connectivity index (χ1v) is 8.27. The number of likely N-dealkylation sites (tertiary alicyclic amines) is 1. The van der Waals surface area contributed by atoms with Crippen molar-refractivity contribution in [3.8, 4) is 0 Å². The lowest BCUT2D eigenvalue weighted by Crippen LogP contribution is -2.42. The van der Waals surface area contributed by atoms with Crippen molar-refractivity contribution in [3.05, 3.63) is 35.4 Å². The SMILES string of the molecule is O=C(O)c1ccc(CCC(=O)N2CCC[C@H]2C2CCC2)cc1. The van der Waals surface area contributed by atoms with Gasteiger partial charge in [-0.05, 0) is 55.7 Å². The predicted octanol–water partition coefficient (Wildman–Crippen LogP) is 3.11. The number of benzene rings is 1. The first kappa shape index (κ1) is 15.1. The van der Waals surface area contributed by atoms with Gasteiger partial charge in [-0.1, -0.05) is 18.6 Å². The van der Waals surface area contributed by atoms with Gasteiger partial charge >= 0.3 is 5.97 Å². The van der Waals surface area contributed by atoms with Crippen LogP contribution in [0.1, 0.15) is 54.4 Å². The Bertz CT molecular complexity index is 548. The Labute approximate surface area is 131 Å². The third-order valence-corrected chi connectivity index (χ3v) is 5.14. The molecule has 1 saturated carbocycles. The second kappa shape index (κ2) is 6.51. The number of rotatable bonds is 5. The van der Waals surface area contributed by atoms with Gasteiger partial charge in [0.15, 0.2) is 0 Å². The van der Waals surface area contributed by atoms with Gasteiger partial charge in [-0.25, -0.2) is 4.79 Å². The van der Waals surface area contributed by atoms with Crippen molar-refractivity contribution < 1.29 is 14.7 Å². The Balaban J connectivity index is 1.54. The second-order valence-electron chi connectivity index (χ2n) is 6.49. The summed E-state index contributed by atoms with van der Waals surface area (Å²) in [6.45, 7) is 0.915. The van der Waals surface area contributed by atoms with Gasteiger partial charge < -0.3 is 10.0 Å². The van der Waals surface area contributed by atoms with E-state index in [4.69, 9.17) is 5.11 Å². The van der Waals surface area contributed by atoms with Crippen LogP contribution in [0.3, 0.4) is 0 Å². The normalized spacial score (nSPS) is 21.6. The molecule has 1 atom stereocenters. The molecule has 22 heavy (non-hydrogen) atoms. The number of aromatic carboxylic acids is 1. The predicted molar refractivity (Wildman–Crippen MR) is 83.8 cm³/mol. The summed E-state index contributed by atoms with van der Waals surface area (Å²) in [5.74, 6) is 0.0843. The summed E-state index contributed by atoms with van der Waals surface area (Å²) in [4.78, 5) is 25.4. The Morgan fingerprint density at radius 2 is 1.82 bits per heavy atom. The van der Waals surface area contributed by atoms with Gasteiger partial charge in [0, 0.05) is 19.0 Å². The molecule has 3 rings (SSSR count). The molecule has 118 valence electrons. The first-order chi connectivity index (χ1) is 10.6. The zero-order valence-electron chi connectivity index (χ0n) is 12.8. The quantitative estimate of drug-likeness (QED) is 0.909. The van der Waals surface area contributed by atoms with Crippen LogP contribution in [0.4, 0.5) is 0 Å². The molecule has 0 aromatic heterocycles. The smallest absolute Gasteiger partial charge is 0.335 e. The maximum atomic E-state index is 12.5. The van der Waals surface area contributed by atoms with Crippen molar-refractivity contribution in [3.63, 3.8) is 0 Å². The molecule has 1 heterocycles. The van der Waals surface area contributed by atoms with E-state index in [-0.39, 0.29) is 5.91 Å². The number of aryl methyl sites for hydroxylation is 1. The van der Waals surface area contributed by atoms with Crippen LogP contribution < -0.4 is 0 Å². The zero-order valence-corrected chi connectivity index (χ0v) is 12.8. The fourth-order valence-corrected chi connectivity index (χ4v) is 3.63. The second-order valence-corrected chi connectivity index (χ2v) is 6.49. The molecule has 4 heteroatoms. The summed E-state index contributed by atoms with van der Waals surface area (Å²) >= 11 is 0. The molecule has 1 N–H and O–H groups in total. The van der Waals surface area contributed by atoms with Crippen LogP contribution in [-0.2, 0) is 11.2 Å². The number of hydrogen-bond donors (Lipinski definition) is 1. The lowest BCUT2D eigenvalue weighted by molar-refractivity contribution is -0.133. The van der Waals surface area contributed by atoms with Crippen molar-refractivity contribution in [2.45, 2.75) is 51.0 Å². The van der Waals surface area contributed by atoms with Gasteiger partial charge in [0.05, 0.1) is 5.56 Å². The number of carboxylic acid groups (broad SMARTS) is 1. The summed E-state index contributed by atoms with van der Waals surface area (Å²) in [6.07, 6.45) is 7.40. The molecule has 4 nitrogen and oxygen atoms in total.